The van der Waals surface area contributed by atoms with E-state index >= 15 is 0 Å². The minimum Gasteiger partial charge on any atom is -0.508 e. The van der Waals surface area contributed by atoms with Crippen LogP contribution in [-0.2, 0) is 20.3 Å². The number of nitrogens with two attached hydrogens (primary N) is 1. The number of aromatic hydroxyl groups is 1. The third-order valence-corrected chi connectivity index (χ3v) is 8.43. The zero-order valence-electron chi connectivity index (χ0n) is 20.8. The number of hydrogen-bond acceptors (Lipinski definition) is 8. The molecule has 39 heavy (non-hydrogen) atoms. The van der Waals surface area contributed by atoms with Gasteiger partial charge < -0.3 is 31.3 Å². The van der Waals surface area contributed by atoms with Crippen molar-refractivity contribution in [2.24, 2.45) is 17.6 Å². The lowest BCUT2D eigenvalue weighted by atomic mass is 9.55. The van der Waals surface area contributed by atoms with Crippen LogP contribution in [0.5, 0.6) is 5.75 Å². The van der Waals surface area contributed by atoms with Gasteiger partial charge in [-0.1, -0.05) is 55.5 Å². The number of phenols is 1. The van der Waals surface area contributed by atoms with Gasteiger partial charge in [-0.15, -0.1) is 11.6 Å². The molecule has 1 amide bonds. The first-order valence-corrected chi connectivity index (χ1v) is 12.8. The SMILES string of the molecule is CC1c2ccc(/C=C/c3ccc(CCl)cc3)c(O)c2C(O)=C2C(=O)C3(O)C(O)=C(C(N)=O)C(=O)CC3C(O)C21. The van der Waals surface area contributed by atoms with E-state index in [0.29, 0.717) is 17.0 Å². The van der Waals surface area contributed by atoms with Crippen LogP contribution in [0.25, 0.3) is 17.9 Å². The van der Waals surface area contributed by atoms with Crippen LogP contribution in [0.1, 0.15) is 47.1 Å². The summed E-state index contributed by atoms with van der Waals surface area (Å²) in [6.45, 7) is 1.68. The van der Waals surface area contributed by atoms with Crippen LogP contribution in [0.4, 0.5) is 0 Å². The summed E-state index contributed by atoms with van der Waals surface area (Å²) in [6.07, 6.45) is 1.19. The minimum absolute atomic E-state index is 0.0542. The molecule has 0 saturated heterocycles. The van der Waals surface area contributed by atoms with E-state index in [9.17, 15) is 39.9 Å². The Bertz CT molecular complexity index is 1520. The van der Waals surface area contributed by atoms with Crippen LogP contribution < -0.4 is 5.73 Å². The summed E-state index contributed by atoms with van der Waals surface area (Å²) in [5, 5.41) is 55.9. The third kappa shape index (κ3) is 3.80. The maximum absolute atomic E-state index is 13.7. The Labute approximate surface area is 228 Å². The van der Waals surface area contributed by atoms with E-state index in [2.05, 4.69) is 0 Å². The molecule has 3 aliphatic carbocycles. The van der Waals surface area contributed by atoms with Crippen LogP contribution >= 0.6 is 11.6 Å². The summed E-state index contributed by atoms with van der Waals surface area (Å²) < 4.78 is 0. The molecule has 0 aliphatic heterocycles. The van der Waals surface area contributed by atoms with Crippen molar-refractivity contribution in [1.29, 1.82) is 0 Å². The molecule has 0 spiro atoms. The molecule has 2 aromatic rings. The second-order valence-electron chi connectivity index (χ2n) is 10.2. The summed E-state index contributed by atoms with van der Waals surface area (Å²) >= 11 is 5.83. The van der Waals surface area contributed by atoms with Crippen LogP contribution in [0.3, 0.4) is 0 Å². The molecule has 1 saturated carbocycles. The molecule has 0 bridgehead atoms. The Kier molecular flexibility index (Phi) is 6.41. The second kappa shape index (κ2) is 9.37. The van der Waals surface area contributed by atoms with E-state index in [1.807, 2.05) is 24.3 Å². The van der Waals surface area contributed by atoms with Gasteiger partial charge in [0.1, 0.15) is 22.8 Å². The first-order valence-electron chi connectivity index (χ1n) is 12.3. The van der Waals surface area contributed by atoms with Crippen molar-refractivity contribution >= 4 is 47.0 Å². The molecular formula is C29H26ClNO8. The van der Waals surface area contributed by atoms with E-state index in [1.54, 1.807) is 31.2 Å². The van der Waals surface area contributed by atoms with Gasteiger partial charge in [-0.2, -0.15) is 0 Å². The highest BCUT2D eigenvalue weighted by molar-refractivity contribution is 6.23. The van der Waals surface area contributed by atoms with Gasteiger partial charge in [-0.05, 0) is 22.6 Å². The van der Waals surface area contributed by atoms with E-state index in [4.69, 9.17) is 17.3 Å². The highest BCUT2D eigenvalue weighted by atomic mass is 35.5. The molecule has 0 heterocycles. The molecule has 7 N–H and O–H groups in total. The number of halogens is 1. The lowest BCUT2D eigenvalue weighted by molar-refractivity contribution is -0.160. The average molecular weight is 552 g/mol. The molecule has 0 radical (unpaired) electrons. The van der Waals surface area contributed by atoms with Gasteiger partial charge in [0.05, 0.1) is 11.7 Å². The lowest BCUT2D eigenvalue weighted by Gasteiger charge is -2.50. The van der Waals surface area contributed by atoms with E-state index in [1.165, 1.54) is 0 Å². The zero-order valence-corrected chi connectivity index (χ0v) is 21.5. The number of benzene rings is 2. The van der Waals surface area contributed by atoms with Crippen molar-refractivity contribution in [3.63, 3.8) is 0 Å². The molecular weight excluding hydrogens is 526 g/mol. The molecule has 5 atom stereocenters. The lowest BCUT2D eigenvalue weighted by Crippen LogP contribution is -2.63. The highest BCUT2D eigenvalue weighted by Crippen LogP contribution is 2.55. The zero-order chi connectivity index (χ0) is 28.4. The molecule has 5 unspecified atom stereocenters. The minimum atomic E-state index is -2.86. The predicted octanol–water partition coefficient (Wildman–Crippen LogP) is 2.86. The number of carbonyl (C=O) groups is 3. The number of carbonyl (C=O) groups excluding carboxylic acids is 3. The van der Waals surface area contributed by atoms with Crippen molar-refractivity contribution in [2.45, 2.75) is 36.8 Å². The van der Waals surface area contributed by atoms with Gasteiger partial charge in [-0.25, -0.2) is 0 Å². The summed E-state index contributed by atoms with van der Waals surface area (Å²) in [5.74, 6) is -8.48. The van der Waals surface area contributed by atoms with Gasteiger partial charge in [0.25, 0.3) is 5.91 Å². The number of aliphatic hydroxyl groups is 4. The first-order chi connectivity index (χ1) is 18.4. The van der Waals surface area contributed by atoms with Crippen molar-refractivity contribution < 1.29 is 39.9 Å². The molecule has 202 valence electrons. The van der Waals surface area contributed by atoms with E-state index in [0.717, 1.165) is 11.1 Å². The number of hydrogen-bond donors (Lipinski definition) is 6. The van der Waals surface area contributed by atoms with Crippen molar-refractivity contribution in [3.05, 3.63) is 81.1 Å². The van der Waals surface area contributed by atoms with Gasteiger partial charge >= 0.3 is 0 Å². The largest absolute Gasteiger partial charge is 0.508 e. The summed E-state index contributed by atoms with van der Waals surface area (Å²) in [4.78, 5) is 38.1. The van der Waals surface area contributed by atoms with Crippen LogP contribution in [0.15, 0.2) is 53.3 Å². The molecule has 9 nitrogen and oxygen atoms in total. The third-order valence-electron chi connectivity index (χ3n) is 8.12. The van der Waals surface area contributed by atoms with Crippen molar-refractivity contribution in [3.8, 4) is 5.75 Å². The summed E-state index contributed by atoms with van der Waals surface area (Å²) in [6, 6.07) is 10.7. The van der Waals surface area contributed by atoms with Crippen molar-refractivity contribution in [2.75, 3.05) is 0 Å². The summed E-state index contributed by atoms with van der Waals surface area (Å²) in [7, 11) is 0. The quantitative estimate of drug-likeness (QED) is 0.191. The normalized spacial score (nSPS) is 28.4. The summed E-state index contributed by atoms with van der Waals surface area (Å²) in [5.41, 5.74) is 3.49. The number of primary amides is 1. The topological polar surface area (TPSA) is 178 Å². The maximum Gasteiger partial charge on any atom is 0.255 e. The van der Waals surface area contributed by atoms with Gasteiger partial charge in [0.15, 0.2) is 11.4 Å². The fourth-order valence-electron chi connectivity index (χ4n) is 6.05. The Morgan fingerprint density at radius 3 is 2.38 bits per heavy atom. The van der Waals surface area contributed by atoms with Crippen LogP contribution in [0.2, 0.25) is 0 Å². The molecule has 2 aromatic carbocycles. The Morgan fingerprint density at radius 2 is 1.77 bits per heavy atom. The Hall–Kier alpha value is -3.92. The smallest absolute Gasteiger partial charge is 0.255 e. The predicted molar refractivity (Wildman–Crippen MR) is 142 cm³/mol. The van der Waals surface area contributed by atoms with Gasteiger partial charge in [0.2, 0.25) is 5.78 Å². The first kappa shape index (κ1) is 26.7. The molecule has 10 heteroatoms. The number of phenolic OH excluding ortho intramolecular Hbond substituents is 1. The molecule has 5 rings (SSSR count). The molecule has 0 aromatic heterocycles. The second-order valence-corrected chi connectivity index (χ2v) is 10.4. The fourth-order valence-corrected chi connectivity index (χ4v) is 6.23. The number of Topliss-reactive ketones (excluding diaryl/α,β-unsaturated/α-hetero) is 2. The Morgan fingerprint density at radius 1 is 1.10 bits per heavy atom. The molecule has 3 aliphatic rings. The average Bonchev–Trinajstić information content (AvgIpc) is 2.90. The number of amides is 1. The van der Waals surface area contributed by atoms with E-state index < -0.39 is 76.0 Å². The maximum atomic E-state index is 13.7. The van der Waals surface area contributed by atoms with Gasteiger partial charge in [0, 0.05) is 35.3 Å². The number of aliphatic hydroxyl groups excluding tert-OH is 3. The molecule has 1 fully saturated rings. The van der Waals surface area contributed by atoms with Crippen LogP contribution in [-0.4, -0.2) is 54.7 Å². The Balaban J connectivity index is 1.64. The monoisotopic (exact) mass is 551 g/mol. The number of alkyl halides is 1. The number of fused-ring (bicyclic) bond motifs is 3. The van der Waals surface area contributed by atoms with Crippen LogP contribution in [0, 0.1) is 11.8 Å². The number of rotatable bonds is 4. The van der Waals surface area contributed by atoms with Crippen molar-refractivity contribution in [1.82, 2.24) is 0 Å². The van der Waals surface area contributed by atoms with E-state index in [-0.39, 0.29) is 11.3 Å². The highest BCUT2D eigenvalue weighted by Gasteiger charge is 2.64. The van der Waals surface area contributed by atoms with Gasteiger partial charge in [-0.3, -0.25) is 14.4 Å². The fraction of sp³-hybridized carbons (Fsp3) is 0.276. The standard InChI is InChI=1S/C29H26ClNO8/c1-12-16-9-8-15(7-6-13-2-4-14(11-30)5-3-13)23(33)20(16)25(35)22-19(12)24(34)17-10-18(32)21(28(31)38)26(36)29(17,39)27(22)37/h2-9,12,17,19,24,33-36,39H,10-11H2,1H3,(H2,31,38)/b7-6+. The number of ketones is 2.